The zero-order valence-electron chi connectivity index (χ0n) is 13.5. The second-order valence-electron chi connectivity index (χ2n) is 7.03. The van der Waals surface area contributed by atoms with Crippen LogP contribution in [0.4, 0.5) is 0 Å². The van der Waals surface area contributed by atoms with Crippen molar-refractivity contribution in [2.75, 3.05) is 0 Å². The van der Waals surface area contributed by atoms with Gasteiger partial charge >= 0.3 is 0 Å². The lowest BCUT2D eigenvalue weighted by atomic mass is 9.83. The van der Waals surface area contributed by atoms with Gasteiger partial charge in [-0.15, -0.1) is 0 Å². The first-order chi connectivity index (χ1) is 10.2. The molecule has 118 valence electrons. The highest BCUT2D eigenvalue weighted by atomic mass is 15.3. The van der Waals surface area contributed by atoms with Crippen LogP contribution in [0.1, 0.15) is 57.3 Å². The molecule has 2 saturated carbocycles. The fourth-order valence-electron chi connectivity index (χ4n) is 4.62. The second kappa shape index (κ2) is 6.49. The molecule has 0 spiro atoms. The monoisotopic (exact) mass is 290 g/mol. The molecule has 0 amide bonds. The van der Waals surface area contributed by atoms with Crippen LogP contribution in [0.3, 0.4) is 0 Å². The number of aromatic nitrogens is 2. The second-order valence-corrected chi connectivity index (χ2v) is 7.03. The Labute approximate surface area is 128 Å². The van der Waals surface area contributed by atoms with Crippen molar-refractivity contribution in [3.8, 4) is 0 Å². The first-order valence-electron chi connectivity index (χ1n) is 8.75. The van der Waals surface area contributed by atoms with Crippen LogP contribution < -0.4 is 11.3 Å². The van der Waals surface area contributed by atoms with E-state index in [-0.39, 0.29) is 0 Å². The summed E-state index contributed by atoms with van der Waals surface area (Å²) in [6.07, 6.45) is 9.10. The fourth-order valence-corrected chi connectivity index (χ4v) is 4.62. The van der Waals surface area contributed by atoms with Crippen LogP contribution in [0, 0.1) is 17.8 Å². The normalized spacial score (nSPS) is 29.2. The molecule has 1 heterocycles. The van der Waals surface area contributed by atoms with Crippen molar-refractivity contribution in [2.24, 2.45) is 23.6 Å². The van der Waals surface area contributed by atoms with Crippen LogP contribution in [0.25, 0.3) is 0 Å². The lowest BCUT2D eigenvalue weighted by Gasteiger charge is -2.26. The Morgan fingerprint density at radius 2 is 2.24 bits per heavy atom. The summed E-state index contributed by atoms with van der Waals surface area (Å²) in [5.41, 5.74) is 5.60. The smallest absolute Gasteiger partial charge is 0.0624 e. The molecule has 4 atom stereocenters. The fraction of sp³-hybridized carbons (Fsp3) is 0.824. The van der Waals surface area contributed by atoms with E-state index in [1.807, 2.05) is 0 Å². The number of nitrogens with one attached hydrogen (secondary N) is 1. The Hall–Kier alpha value is -0.870. The predicted octanol–water partition coefficient (Wildman–Crippen LogP) is 2.67. The van der Waals surface area contributed by atoms with Crippen LogP contribution in [0.5, 0.6) is 0 Å². The molecule has 1 aromatic rings. The van der Waals surface area contributed by atoms with Crippen molar-refractivity contribution in [2.45, 2.75) is 71.4 Å². The Bertz CT molecular complexity index is 467. The molecule has 2 bridgehead atoms. The molecule has 4 unspecified atom stereocenters. The first-order valence-corrected chi connectivity index (χ1v) is 8.75. The molecule has 3 N–H and O–H groups in total. The molecule has 0 aliphatic heterocycles. The number of nitrogens with two attached hydrogens (primary N) is 1. The topological polar surface area (TPSA) is 55.9 Å². The standard InChI is InChI=1S/C17H30N4/c1-3-15-10-17(21(4-2)20-15)11-16(19-18)9-14-8-12-5-6-13(14)7-12/h10,12-14,16,19H,3-9,11,18H2,1-2H3. The van der Waals surface area contributed by atoms with Gasteiger partial charge in [-0.05, 0) is 62.8 Å². The summed E-state index contributed by atoms with van der Waals surface area (Å²) >= 11 is 0. The molecule has 3 rings (SSSR count). The van der Waals surface area contributed by atoms with Gasteiger partial charge in [-0.25, -0.2) is 0 Å². The van der Waals surface area contributed by atoms with Crippen molar-refractivity contribution in [1.29, 1.82) is 0 Å². The minimum Gasteiger partial charge on any atom is -0.271 e. The van der Waals surface area contributed by atoms with E-state index in [9.17, 15) is 0 Å². The quantitative estimate of drug-likeness (QED) is 0.599. The van der Waals surface area contributed by atoms with Gasteiger partial charge in [-0.1, -0.05) is 13.3 Å². The summed E-state index contributed by atoms with van der Waals surface area (Å²) in [6.45, 7) is 5.28. The third kappa shape index (κ3) is 3.16. The van der Waals surface area contributed by atoms with Crippen molar-refractivity contribution in [1.82, 2.24) is 15.2 Å². The van der Waals surface area contributed by atoms with Crippen LogP contribution in [-0.4, -0.2) is 15.8 Å². The highest BCUT2D eigenvalue weighted by Crippen LogP contribution is 2.49. The molecular formula is C17H30N4. The van der Waals surface area contributed by atoms with E-state index in [1.54, 1.807) is 0 Å². The maximum atomic E-state index is 5.85. The number of aryl methyl sites for hydroxylation is 2. The van der Waals surface area contributed by atoms with Crippen LogP contribution >= 0.6 is 0 Å². The van der Waals surface area contributed by atoms with Gasteiger partial charge in [0.15, 0.2) is 0 Å². The van der Waals surface area contributed by atoms with Crippen molar-refractivity contribution in [3.05, 3.63) is 17.5 Å². The third-order valence-corrected chi connectivity index (χ3v) is 5.74. The number of hydrazine groups is 1. The van der Waals surface area contributed by atoms with Gasteiger partial charge in [0.1, 0.15) is 0 Å². The average molecular weight is 290 g/mol. The molecule has 2 fully saturated rings. The minimum absolute atomic E-state index is 0.390. The Morgan fingerprint density at radius 3 is 2.81 bits per heavy atom. The number of hydrogen-bond donors (Lipinski definition) is 2. The lowest BCUT2D eigenvalue weighted by Crippen LogP contribution is -2.39. The van der Waals surface area contributed by atoms with E-state index in [2.05, 4.69) is 35.1 Å². The Morgan fingerprint density at radius 1 is 1.38 bits per heavy atom. The lowest BCUT2D eigenvalue weighted by molar-refractivity contribution is 0.276. The maximum Gasteiger partial charge on any atom is 0.0624 e. The summed E-state index contributed by atoms with van der Waals surface area (Å²) in [7, 11) is 0. The number of rotatable bonds is 7. The molecule has 1 aromatic heterocycles. The summed E-state index contributed by atoms with van der Waals surface area (Å²) in [6, 6.07) is 2.65. The summed E-state index contributed by atoms with van der Waals surface area (Å²) in [4.78, 5) is 0. The average Bonchev–Trinajstić information content (AvgIpc) is 3.20. The van der Waals surface area contributed by atoms with E-state index in [0.29, 0.717) is 6.04 Å². The molecule has 2 aliphatic rings. The third-order valence-electron chi connectivity index (χ3n) is 5.74. The largest absolute Gasteiger partial charge is 0.271 e. The van der Waals surface area contributed by atoms with Gasteiger partial charge in [0.25, 0.3) is 0 Å². The van der Waals surface area contributed by atoms with Gasteiger partial charge in [-0.2, -0.15) is 5.10 Å². The maximum absolute atomic E-state index is 5.85. The van der Waals surface area contributed by atoms with Crippen molar-refractivity contribution < 1.29 is 0 Å². The number of fused-ring (bicyclic) bond motifs is 2. The minimum atomic E-state index is 0.390. The first kappa shape index (κ1) is 15.0. The zero-order chi connectivity index (χ0) is 14.8. The molecule has 0 radical (unpaired) electrons. The highest BCUT2D eigenvalue weighted by molar-refractivity contribution is 5.12. The molecule has 2 aliphatic carbocycles. The Kier molecular flexibility index (Phi) is 4.65. The van der Waals surface area contributed by atoms with Gasteiger partial charge < -0.3 is 0 Å². The molecule has 21 heavy (non-hydrogen) atoms. The SMILES string of the molecule is CCc1cc(CC(CC2CC3CCC2C3)NN)n(CC)n1. The van der Waals surface area contributed by atoms with Crippen molar-refractivity contribution in [3.63, 3.8) is 0 Å². The summed E-state index contributed by atoms with van der Waals surface area (Å²) in [5, 5.41) is 4.65. The molecule has 4 nitrogen and oxygen atoms in total. The highest BCUT2D eigenvalue weighted by Gasteiger charge is 2.40. The van der Waals surface area contributed by atoms with E-state index in [0.717, 1.165) is 37.1 Å². The Balaban J connectivity index is 1.62. The van der Waals surface area contributed by atoms with E-state index in [4.69, 9.17) is 5.84 Å². The molecular weight excluding hydrogens is 260 g/mol. The van der Waals surface area contributed by atoms with Gasteiger partial charge in [0.2, 0.25) is 0 Å². The molecule has 0 aromatic carbocycles. The molecule has 4 heteroatoms. The van der Waals surface area contributed by atoms with Gasteiger partial charge in [-0.3, -0.25) is 16.0 Å². The van der Waals surface area contributed by atoms with Crippen LogP contribution in [-0.2, 0) is 19.4 Å². The van der Waals surface area contributed by atoms with E-state index < -0.39 is 0 Å². The summed E-state index contributed by atoms with van der Waals surface area (Å²) in [5.74, 6) is 8.74. The van der Waals surface area contributed by atoms with E-state index >= 15 is 0 Å². The van der Waals surface area contributed by atoms with Gasteiger partial charge in [0.05, 0.1) is 5.69 Å². The van der Waals surface area contributed by atoms with Crippen LogP contribution in [0.2, 0.25) is 0 Å². The van der Waals surface area contributed by atoms with Gasteiger partial charge in [0, 0.05) is 24.7 Å². The number of hydrogen-bond acceptors (Lipinski definition) is 3. The van der Waals surface area contributed by atoms with Crippen LogP contribution in [0.15, 0.2) is 6.07 Å². The summed E-state index contributed by atoms with van der Waals surface area (Å²) < 4.78 is 2.14. The predicted molar refractivity (Wildman–Crippen MR) is 85.6 cm³/mol. The number of nitrogens with zero attached hydrogens (tertiary/aromatic N) is 2. The van der Waals surface area contributed by atoms with Crippen molar-refractivity contribution >= 4 is 0 Å². The zero-order valence-corrected chi connectivity index (χ0v) is 13.5. The van der Waals surface area contributed by atoms with E-state index in [1.165, 1.54) is 43.5 Å². The molecule has 0 saturated heterocycles.